The number of nitrogens with two attached hydrogens (primary N) is 1. The van der Waals surface area contributed by atoms with E-state index < -0.39 is 10.0 Å². The monoisotopic (exact) mass is 351 g/mol. The van der Waals surface area contributed by atoms with Gasteiger partial charge in [0.25, 0.3) is 5.91 Å². The van der Waals surface area contributed by atoms with E-state index in [1.807, 2.05) is 6.92 Å². The van der Waals surface area contributed by atoms with Crippen LogP contribution in [0.3, 0.4) is 0 Å². The molecule has 1 amide bonds. The number of amides is 1. The normalized spacial score (nSPS) is 26.3. The fourth-order valence-corrected chi connectivity index (χ4v) is 5.07. The fourth-order valence-electron chi connectivity index (χ4n) is 3.51. The standard InChI is InChI=1S/C17H25N3O3S/c1-12-11-15(20-9-2-10-24(20,22)23)7-8-16(12)17(21)19-14-5-3-13(18)4-6-14/h7-8,11,13-14H,2-6,9-10,18H2,1H3,(H,19,21). The van der Waals surface area contributed by atoms with Crippen LogP contribution in [0, 0.1) is 6.92 Å². The third-order valence-electron chi connectivity index (χ3n) is 4.95. The van der Waals surface area contributed by atoms with Crippen LogP contribution in [-0.2, 0) is 10.0 Å². The van der Waals surface area contributed by atoms with Gasteiger partial charge in [0.15, 0.2) is 0 Å². The van der Waals surface area contributed by atoms with Crippen LogP contribution in [0.5, 0.6) is 0 Å². The van der Waals surface area contributed by atoms with Crippen LogP contribution in [0.15, 0.2) is 18.2 Å². The van der Waals surface area contributed by atoms with Gasteiger partial charge in [-0.3, -0.25) is 9.10 Å². The minimum absolute atomic E-state index is 0.0937. The average Bonchev–Trinajstić information content (AvgIpc) is 2.88. The number of carbonyl (C=O) groups excluding carboxylic acids is 1. The Labute approximate surface area is 143 Å². The van der Waals surface area contributed by atoms with Crippen molar-refractivity contribution in [3.63, 3.8) is 0 Å². The zero-order chi connectivity index (χ0) is 17.3. The molecular weight excluding hydrogens is 326 g/mol. The van der Waals surface area contributed by atoms with Gasteiger partial charge < -0.3 is 11.1 Å². The molecule has 6 nitrogen and oxygen atoms in total. The predicted molar refractivity (Wildman–Crippen MR) is 94.6 cm³/mol. The van der Waals surface area contributed by atoms with Crippen molar-refractivity contribution in [3.05, 3.63) is 29.3 Å². The molecule has 2 aliphatic rings. The number of hydrogen-bond acceptors (Lipinski definition) is 4. The summed E-state index contributed by atoms with van der Waals surface area (Å²) in [6.07, 6.45) is 4.35. The molecule has 0 spiro atoms. The molecule has 24 heavy (non-hydrogen) atoms. The SMILES string of the molecule is Cc1cc(N2CCCS2(=O)=O)ccc1C(=O)NC1CCC(N)CC1. The maximum atomic E-state index is 12.5. The van der Waals surface area contributed by atoms with Crippen molar-refractivity contribution in [3.8, 4) is 0 Å². The van der Waals surface area contributed by atoms with E-state index in [1.54, 1.807) is 18.2 Å². The predicted octanol–water partition coefficient (Wildman–Crippen LogP) is 1.53. The highest BCUT2D eigenvalue weighted by atomic mass is 32.2. The second-order valence-electron chi connectivity index (χ2n) is 6.83. The topological polar surface area (TPSA) is 92.5 Å². The molecule has 0 radical (unpaired) electrons. The second kappa shape index (κ2) is 6.72. The lowest BCUT2D eigenvalue weighted by molar-refractivity contribution is 0.0925. The van der Waals surface area contributed by atoms with Gasteiger partial charge in [0, 0.05) is 24.2 Å². The Morgan fingerprint density at radius 1 is 1.25 bits per heavy atom. The van der Waals surface area contributed by atoms with Crippen molar-refractivity contribution in [2.75, 3.05) is 16.6 Å². The van der Waals surface area contributed by atoms with Gasteiger partial charge in [-0.15, -0.1) is 0 Å². The minimum atomic E-state index is -3.20. The van der Waals surface area contributed by atoms with Crippen molar-refractivity contribution >= 4 is 21.6 Å². The Balaban J connectivity index is 1.71. The number of hydrogen-bond donors (Lipinski definition) is 2. The summed E-state index contributed by atoms with van der Waals surface area (Å²) >= 11 is 0. The van der Waals surface area contributed by atoms with Gasteiger partial charge in [-0.1, -0.05) is 0 Å². The molecule has 132 valence electrons. The third kappa shape index (κ3) is 3.57. The van der Waals surface area contributed by atoms with Crippen LogP contribution in [-0.4, -0.2) is 38.7 Å². The van der Waals surface area contributed by atoms with Crippen molar-refractivity contribution in [1.29, 1.82) is 0 Å². The van der Waals surface area contributed by atoms with E-state index in [2.05, 4.69) is 5.32 Å². The smallest absolute Gasteiger partial charge is 0.251 e. The van der Waals surface area contributed by atoms with E-state index in [4.69, 9.17) is 5.73 Å². The molecule has 1 saturated heterocycles. The molecule has 2 fully saturated rings. The van der Waals surface area contributed by atoms with E-state index in [-0.39, 0.29) is 23.7 Å². The van der Waals surface area contributed by atoms with Crippen LogP contribution in [0.2, 0.25) is 0 Å². The quantitative estimate of drug-likeness (QED) is 0.864. The average molecular weight is 351 g/mol. The zero-order valence-corrected chi connectivity index (χ0v) is 14.8. The van der Waals surface area contributed by atoms with E-state index in [0.717, 1.165) is 31.2 Å². The number of nitrogens with one attached hydrogen (secondary N) is 1. The molecule has 0 atom stereocenters. The molecule has 0 bridgehead atoms. The van der Waals surface area contributed by atoms with Gasteiger partial charge in [-0.2, -0.15) is 0 Å². The lowest BCUT2D eigenvalue weighted by Crippen LogP contribution is -2.40. The number of carbonyl (C=O) groups is 1. The van der Waals surface area contributed by atoms with Crippen molar-refractivity contribution in [1.82, 2.24) is 5.32 Å². The van der Waals surface area contributed by atoms with Gasteiger partial charge in [0.2, 0.25) is 10.0 Å². The summed E-state index contributed by atoms with van der Waals surface area (Å²) in [6, 6.07) is 5.66. The molecule has 0 aromatic heterocycles. The van der Waals surface area contributed by atoms with Crippen LogP contribution in [0.25, 0.3) is 0 Å². The number of benzene rings is 1. The summed E-state index contributed by atoms with van der Waals surface area (Å²) in [6.45, 7) is 2.35. The van der Waals surface area contributed by atoms with Crippen LogP contribution in [0.4, 0.5) is 5.69 Å². The molecule has 7 heteroatoms. The number of aryl methyl sites for hydroxylation is 1. The maximum absolute atomic E-state index is 12.5. The first kappa shape index (κ1) is 17.2. The molecule has 3 rings (SSSR count). The molecule has 1 heterocycles. The molecule has 1 aliphatic carbocycles. The highest BCUT2D eigenvalue weighted by molar-refractivity contribution is 7.93. The van der Waals surface area contributed by atoms with Gasteiger partial charge in [0.1, 0.15) is 0 Å². The van der Waals surface area contributed by atoms with Crippen molar-refractivity contribution in [2.24, 2.45) is 5.73 Å². The van der Waals surface area contributed by atoms with Gasteiger partial charge in [0.05, 0.1) is 11.4 Å². The molecule has 1 aliphatic heterocycles. The van der Waals surface area contributed by atoms with Crippen molar-refractivity contribution in [2.45, 2.75) is 51.1 Å². The Kier molecular flexibility index (Phi) is 4.83. The molecular formula is C17H25N3O3S. The number of anilines is 1. The highest BCUT2D eigenvalue weighted by Gasteiger charge is 2.29. The fraction of sp³-hybridized carbons (Fsp3) is 0.588. The number of sulfonamides is 1. The van der Waals surface area contributed by atoms with Crippen LogP contribution >= 0.6 is 0 Å². The molecule has 1 saturated carbocycles. The Morgan fingerprint density at radius 3 is 2.54 bits per heavy atom. The van der Waals surface area contributed by atoms with Crippen molar-refractivity contribution < 1.29 is 13.2 Å². The molecule has 1 aromatic rings. The largest absolute Gasteiger partial charge is 0.349 e. The lowest BCUT2D eigenvalue weighted by Gasteiger charge is -2.27. The molecule has 3 N–H and O–H groups in total. The summed E-state index contributed by atoms with van der Waals surface area (Å²) in [7, 11) is -3.20. The summed E-state index contributed by atoms with van der Waals surface area (Å²) < 4.78 is 25.5. The Bertz CT molecular complexity index is 725. The van der Waals surface area contributed by atoms with E-state index in [0.29, 0.717) is 24.2 Å². The van der Waals surface area contributed by atoms with Crippen LogP contribution in [0.1, 0.15) is 48.0 Å². The highest BCUT2D eigenvalue weighted by Crippen LogP contribution is 2.26. The first-order valence-electron chi connectivity index (χ1n) is 8.54. The first-order chi connectivity index (χ1) is 11.4. The summed E-state index contributed by atoms with van der Waals surface area (Å²) in [4.78, 5) is 12.5. The van der Waals surface area contributed by atoms with E-state index >= 15 is 0 Å². The van der Waals surface area contributed by atoms with Gasteiger partial charge >= 0.3 is 0 Å². The third-order valence-corrected chi connectivity index (χ3v) is 6.82. The van der Waals surface area contributed by atoms with E-state index in [1.165, 1.54) is 4.31 Å². The number of nitrogens with zero attached hydrogens (tertiary/aromatic N) is 1. The molecule has 0 unspecified atom stereocenters. The number of rotatable bonds is 3. The maximum Gasteiger partial charge on any atom is 0.251 e. The zero-order valence-electron chi connectivity index (χ0n) is 14.0. The van der Waals surface area contributed by atoms with Crippen LogP contribution < -0.4 is 15.4 Å². The minimum Gasteiger partial charge on any atom is -0.349 e. The Morgan fingerprint density at radius 2 is 1.96 bits per heavy atom. The second-order valence-corrected chi connectivity index (χ2v) is 8.84. The van der Waals surface area contributed by atoms with Gasteiger partial charge in [-0.05, 0) is 62.8 Å². The lowest BCUT2D eigenvalue weighted by atomic mass is 9.91. The molecule has 1 aromatic carbocycles. The summed E-state index contributed by atoms with van der Waals surface area (Å²) in [5.41, 5.74) is 7.93. The Hall–Kier alpha value is -1.60. The summed E-state index contributed by atoms with van der Waals surface area (Å²) in [5, 5.41) is 3.08. The van der Waals surface area contributed by atoms with E-state index in [9.17, 15) is 13.2 Å². The summed E-state index contributed by atoms with van der Waals surface area (Å²) in [5.74, 6) is 0.0989. The van der Waals surface area contributed by atoms with Gasteiger partial charge in [-0.25, -0.2) is 8.42 Å². The first-order valence-corrected chi connectivity index (χ1v) is 10.2.